The summed E-state index contributed by atoms with van der Waals surface area (Å²) in [6.07, 6.45) is 8.03. The van der Waals surface area contributed by atoms with Crippen LogP contribution in [0.4, 0.5) is 5.95 Å². The molecule has 2 aliphatic rings. The number of hydrogen-bond acceptors (Lipinski definition) is 6. The molecule has 0 spiro atoms. The number of nitrogens with zero attached hydrogens (tertiary/aromatic N) is 4. The van der Waals surface area contributed by atoms with E-state index < -0.39 is 0 Å². The third-order valence-electron chi connectivity index (χ3n) is 5.43. The van der Waals surface area contributed by atoms with E-state index in [1.165, 1.54) is 31.0 Å². The normalized spacial score (nSPS) is 20.4. The Hall–Kier alpha value is -1.28. The quantitative estimate of drug-likeness (QED) is 0.648. The van der Waals surface area contributed by atoms with Gasteiger partial charge in [0.2, 0.25) is 11.9 Å². The van der Waals surface area contributed by atoms with Crippen molar-refractivity contribution in [2.45, 2.75) is 82.6 Å². The number of aromatic nitrogens is 3. The van der Waals surface area contributed by atoms with Crippen LogP contribution in [0.15, 0.2) is 5.16 Å². The van der Waals surface area contributed by atoms with Crippen molar-refractivity contribution in [3.05, 3.63) is 0 Å². The van der Waals surface area contributed by atoms with Crippen molar-refractivity contribution in [1.82, 2.24) is 20.1 Å². The molecule has 0 bridgehead atoms. The highest BCUT2D eigenvalue weighted by Gasteiger charge is 2.25. The summed E-state index contributed by atoms with van der Waals surface area (Å²) >= 11 is 1.48. The van der Waals surface area contributed by atoms with Gasteiger partial charge in [0.25, 0.3) is 0 Å². The van der Waals surface area contributed by atoms with E-state index >= 15 is 0 Å². The first-order valence-electron chi connectivity index (χ1n) is 10.4. The van der Waals surface area contributed by atoms with Gasteiger partial charge in [0.05, 0.1) is 18.4 Å². The lowest BCUT2D eigenvalue weighted by Crippen LogP contribution is -2.35. The summed E-state index contributed by atoms with van der Waals surface area (Å²) in [7, 11) is 0. The highest BCUT2D eigenvalue weighted by atomic mass is 32.2. The average Bonchev–Trinajstić information content (AvgIpc) is 3.35. The van der Waals surface area contributed by atoms with E-state index in [4.69, 9.17) is 4.74 Å². The highest BCUT2D eigenvalue weighted by molar-refractivity contribution is 7.99. The zero-order valence-corrected chi connectivity index (χ0v) is 17.5. The van der Waals surface area contributed by atoms with Crippen LogP contribution in [0, 0.1) is 0 Å². The van der Waals surface area contributed by atoms with Gasteiger partial charge in [0.1, 0.15) is 0 Å². The Morgan fingerprint density at radius 3 is 2.67 bits per heavy atom. The molecule has 152 valence electrons. The summed E-state index contributed by atoms with van der Waals surface area (Å²) in [6.45, 7) is 7.88. The molecular weight excluding hydrogens is 362 g/mol. The zero-order valence-electron chi connectivity index (χ0n) is 16.7. The first-order chi connectivity index (χ1) is 13.2. The van der Waals surface area contributed by atoms with Crippen molar-refractivity contribution in [3.63, 3.8) is 0 Å². The lowest BCUT2D eigenvalue weighted by Gasteiger charge is -2.28. The second-order valence-electron chi connectivity index (χ2n) is 7.45. The Kier molecular flexibility index (Phi) is 7.81. The van der Waals surface area contributed by atoms with Gasteiger partial charge in [-0.1, -0.05) is 25.6 Å². The van der Waals surface area contributed by atoms with Gasteiger partial charge in [0, 0.05) is 25.7 Å². The number of amides is 1. The molecule has 2 saturated heterocycles. The van der Waals surface area contributed by atoms with Crippen molar-refractivity contribution >= 4 is 23.6 Å². The van der Waals surface area contributed by atoms with Crippen molar-refractivity contribution in [2.24, 2.45) is 0 Å². The summed E-state index contributed by atoms with van der Waals surface area (Å²) in [4.78, 5) is 14.6. The highest BCUT2D eigenvalue weighted by Crippen LogP contribution is 2.26. The van der Waals surface area contributed by atoms with Gasteiger partial charge in [0.15, 0.2) is 5.16 Å². The molecule has 0 aromatic carbocycles. The molecule has 1 aromatic rings. The van der Waals surface area contributed by atoms with E-state index in [-0.39, 0.29) is 18.1 Å². The standard InChI is InChI=1S/C19H33N5O2S/c1-3-15(4-2)20-17(25)14-27-19-22-21-18(23-10-6-5-7-11-23)24(19)13-16-9-8-12-26-16/h15-16H,3-14H2,1-2H3,(H,20,25). The van der Waals surface area contributed by atoms with Crippen LogP contribution in [0.3, 0.4) is 0 Å². The molecule has 0 radical (unpaired) electrons. The number of nitrogens with one attached hydrogen (secondary N) is 1. The van der Waals surface area contributed by atoms with Crippen molar-refractivity contribution in [2.75, 3.05) is 30.3 Å². The molecule has 3 heterocycles. The Bertz CT molecular complexity index is 593. The minimum atomic E-state index is 0.0693. The summed E-state index contributed by atoms with van der Waals surface area (Å²) in [5.74, 6) is 1.38. The number of carbonyl (C=O) groups is 1. The predicted molar refractivity (Wildman–Crippen MR) is 108 cm³/mol. The molecule has 8 heteroatoms. The number of rotatable bonds is 9. The number of anilines is 1. The fraction of sp³-hybridized carbons (Fsp3) is 0.842. The molecule has 7 nitrogen and oxygen atoms in total. The predicted octanol–water partition coefficient (Wildman–Crippen LogP) is 2.84. The molecule has 0 aliphatic carbocycles. The minimum absolute atomic E-state index is 0.0693. The van der Waals surface area contributed by atoms with Crippen LogP contribution in [0.5, 0.6) is 0 Å². The number of hydrogen-bond donors (Lipinski definition) is 1. The van der Waals surface area contributed by atoms with E-state index in [0.29, 0.717) is 5.75 Å². The second kappa shape index (κ2) is 10.3. The van der Waals surface area contributed by atoms with Crippen LogP contribution in [0.2, 0.25) is 0 Å². The Morgan fingerprint density at radius 1 is 1.22 bits per heavy atom. The van der Waals surface area contributed by atoms with Crippen molar-refractivity contribution in [1.29, 1.82) is 0 Å². The fourth-order valence-electron chi connectivity index (χ4n) is 3.76. The average molecular weight is 396 g/mol. The first-order valence-corrected chi connectivity index (χ1v) is 11.4. The zero-order chi connectivity index (χ0) is 19.1. The maximum atomic E-state index is 12.3. The van der Waals surface area contributed by atoms with Gasteiger partial charge in [-0.3, -0.25) is 9.36 Å². The van der Waals surface area contributed by atoms with Crippen LogP contribution in [-0.4, -0.2) is 58.3 Å². The topological polar surface area (TPSA) is 72.3 Å². The van der Waals surface area contributed by atoms with Crippen LogP contribution >= 0.6 is 11.8 Å². The number of carbonyl (C=O) groups excluding carboxylic acids is 1. The molecular formula is C19H33N5O2S. The summed E-state index contributed by atoms with van der Waals surface area (Å²) in [5.41, 5.74) is 0. The summed E-state index contributed by atoms with van der Waals surface area (Å²) in [5, 5.41) is 12.8. The minimum Gasteiger partial charge on any atom is -0.376 e. The SMILES string of the molecule is CCC(CC)NC(=O)CSc1nnc(N2CCCCC2)n1CC1CCCO1. The van der Waals surface area contributed by atoms with Crippen LogP contribution in [-0.2, 0) is 16.1 Å². The summed E-state index contributed by atoms with van der Waals surface area (Å²) < 4.78 is 8.02. The third kappa shape index (κ3) is 5.60. The monoisotopic (exact) mass is 395 g/mol. The maximum absolute atomic E-state index is 12.3. The largest absolute Gasteiger partial charge is 0.376 e. The van der Waals surface area contributed by atoms with Gasteiger partial charge >= 0.3 is 0 Å². The van der Waals surface area contributed by atoms with Gasteiger partial charge in [-0.25, -0.2) is 0 Å². The van der Waals surface area contributed by atoms with Gasteiger partial charge < -0.3 is 15.0 Å². The number of piperidine rings is 1. The molecule has 1 amide bonds. The summed E-state index contributed by atoms with van der Waals surface area (Å²) in [6, 6.07) is 0.256. The molecule has 1 unspecified atom stereocenters. The van der Waals surface area contributed by atoms with Gasteiger partial charge in [-0.2, -0.15) is 0 Å². The van der Waals surface area contributed by atoms with Crippen LogP contribution < -0.4 is 10.2 Å². The van der Waals surface area contributed by atoms with E-state index in [1.54, 1.807) is 0 Å². The smallest absolute Gasteiger partial charge is 0.230 e. The fourth-order valence-corrected chi connectivity index (χ4v) is 4.51. The van der Waals surface area contributed by atoms with E-state index in [0.717, 1.165) is 63.0 Å². The van der Waals surface area contributed by atoms with Gasteiger partial charge in [-0.05, 0) is 44.9 Å². The molecule has 1 atom stereocenters. The third-order valence-corrected chi connectivity index (χ3v) is 6.40. The number of ether oxygens (including phenoxy) is 1. The second-order valence-corrected chi connectivity index (χ2v) is 8.39. The van der Waals surface area contributed by atoms with Crippen molar-refractivity contribution in [3.8, 4) is 0 Å². The van der Waals surface area contributed by atoms with E-state index in [2.05, 4.69) is 38.8 Å². The molecule has 2 aliphatic heterocycles. The van der Waals surface area contributed by atoms with Crippen LogP contribution in [0.1, 0.15) is 58.8 Å². The lowest BCUT2D eigenvalue weighted by atomic mass is 10.1. The Morgan fingerprint density at radius 2 is 2.00 bits per heavy atom. The van der Waals surface area contributed by atoms with E-state index in [9.17, 15) is 4.79 Å². The Balaban J connectivity index is 1.67. The Labute approximate surface area is 166 Å². The molecule has 1 aromatic heterocycles. The molecule has 27 heavy (non-hydrogen) atoms. The molecule has 0 saturated carbocycles. The molecule has 2 fully saturated rings. The molecule has 1 N–H and O–H groups in total. The maximum Gasteiger partial charge on any atom is 0.230 e. The van der Waals surface area contributed by atoms with Crippen molar-refractivity contribution < 1.29 is 9.53 Å². The van der Waals surface area contributed by atoms with Crippen LogP contribution in [0.25, 0.3) is 0 Å². The molecule has 3 rings (SSSR count). The number of thioether (sulfide) groups is 1. The van der Waals surface area contributed by atoms with Gasteiger partial charge in [-0.15, -0.1) is 10.2 Å². The first kappa shape index (κ1) is 20.5. The van der Waals surface area contributed by atoms with E-state index in [1.807, 2.05) is 0 Å². The lowest BCUT2D eigenvalue weighted by molar-refractivity contribution is -0.119.